The van der Waals surface area contributed by atoms with Gasteiger partial charge in [0.15, 0.2) is 0 Å². The number of carbonyl (C=O) groups is 1. The molecule has 0 aliphatic heterocycles. The fraction of sp³-hybridized carbons (Fsp3) is 0.533. The first-order chi connectivity index (χ1) is 10.7. The van der Waals surface area contributed by atoms with E-state index in [-0.39, 0.29) is 11.0 Å². The van der Waals surface area contributed by atoms with Crippen molar-refractivity contribution in [2.24, 2.45) is 0 Å². The third kappa shape index (κ3) is 7.06. The van der Waals surface area contributed by atoms with Crippen molar-refractivity contribution in [1.82, 2.24) is 10.0 Å². The highest BCUT2D eigenvalue weighted by Crippen LogP contribution is 2.10. The van der Waals surface area contributed by atoms with Gasteiger partial charge in [-0.3, -0.25) is 4.79 Å². The molecule has 23 heavy (non-hydrogen) atoms. The van der Waals surface area contributed by atoms with Crippen LogP contribution in [0.15, 0.2) is 29.2 Å². The summed E-state index contributed by atoms with van der Waals surface area (Å²) in [4.78, 5) is 11.8. The molecule has 0 fully saturated rings. The summed E-state index contributed by atoms with van der Waals surface area (Å²) in [6.07, 6.45) is 0.772. The van der Waals surface area contributed by atoms with Gasteiger partial charge in [-0.2, -0.15) is 4.72 Å². The van der Waals surface area contributed by atoms with Crippen LogP contribution >= 0.6 is 0 Å². The van der Waals surface area contributed by atoms with E-state index in [1.165, 1.54) is 6.92 Å². The van der Waals surface area contributed by atoms with Gasteiger partial charge in [-0.1, -0.05) is 0 Å². The molecule has 6 nitrogen and oxygen atoms in total. The molecule has 8 heteroatoms. The fourth-order valence-electron chi connectivity index (χ4n) is 1.72. The van der Waals surface area contributed by atoms with Crippen molar-refractivity contribution in [3.8, 4) is 0 Å². The van der Waals surface area contributed by atoms with Crippen LogP contribution in [0, 0.1) is 5.82 Å². The number of hydrogen-bond donors (Lipinski definition) is 2. The molecule has 2 N–H and O–H groups in total. The summed E-state index contributed by atoms with van der Waals surface area (Å²) in [5.41, 5.74) is 0. The van der Waals surface area contributed by atoms with Crippen LogP contribution in [0.3, 0.4) is 0 Å². The van der Waals surface area contributed by atoms with Crippen LogP contribution in [-0.2, 0) is 19.6 Å². The van der Waals surface area contributed by atoms with E-state index in [0.29, 0.717) is 19.6 Å². The zero-order chi connectivity index (χ0) is 17.5. The van der Waals surface area contributed by atoms with Gasteiger partial charge in [-0.15, -0.1) is 0 Å². The first-order valence-electron chi connectivity index (χ1n) is 7.39. The molecule has 0 aliphatic rings. The Morgan fingerprint density at radius 1 is 1.22 bits per heavy atom. The lowest BCUT2D eigenvalue weighted by Crippen LogP contribution is -2.45. The van der Waals surface area contributed by atoms with Gasteiger partial charge in [0.1, 0.15) is 5.82 Å². The summed E-state index contributed by atoms with van der Waals surface area (Å²) in [5, 5.41) is 2.63. The molecule has 0 aromatic heterocycles. The van der Waals surface area contributed by atoms with Crippen molar-refractivity contribution in [3.63, 3.8) is 0 Å². The minimum Gasteiger partial charge on any atom is -0.379 e. The predicted octanol–water partition coefficient (Wildman–Crippen LogP) is 1.42. The Morgan fingerprint density at radius 2 is 1.83 bits per heavy atom. The van der Waals surface area contributed by atoms with E-state index >= 15 is 0 Å². The molecule has 0 saturated heterocycles. The lowest BCUT2D eigenvalue weighted by atomic mass is 10.3. The van der Waals surface area contributed by atoms with Gasteiger partial charge in [-0.05, 0) is 51.5 Å². The molecule has 1 aromatic rings. The molecule has 1 aromatic carbocycles. The number of hydrogen-bond acceptors (Lipinski definition) is 4. The second-order valence-corrected chi connectivity index (χ2v) is 7.08. The second kappa shape index (κ2) is 8.95. The highest BCUT2D eigenvalue weighted by atomic mass is 32.2. The summed E-state index contributed by atoms with van der Waals surface area (Å²) in [5.74, 6) is -0.960. The Morgan fingerprint density at radius 3 is 2.39 bits per heavy atom. The van der Waals surface area contributed by atoms with Gasteiger partial charge in [0.25, 0.3) is 0 Å². The number of sulfonamides is 1. The van der Waals surface area contributed by atoms with Gasteiger partial charge >= 0.3 is 0 Å². The van der Waals surface area contributed by atoms with E-state index in [4.69, 9.17) is 4.74 Å². The number of carbonyl (C=O) groups excluding carboxylic acids is 1. The second-order valence-electron chi connectivity index (χ2n) is 5.36. The Bertz CT molecular complexity index is 602. The summed E-state index contributed by atoms with van der Waals surface area (Å²) in [7, 11) is -3.87. The van der Waals surface area contributed by atoms with E-state index in [2.05, 4.69) is 10.0 Å². The van der Waals surface area contributed by atoms with Crippen LogP contribution < -0.4 is 10.0 Å². The van der Waals surface area contributed by atoms with Crippen LogP contribution in [0.1, 0.15) is 27.2 Å². The van der Waals surface area contributed by atoms with E-state index in [0.717, 1.165) is 24.3 Å². The maximum Gasteiger partial charge on any atom is 0.241 e. The van der Waals surface area contributed by atoms with Gasteiger partial charge in [0.2, 0.25) is 15.9 Å². The summed E-state index contributed by atoms with van der Waals surface area (Å²) in [6, 6.07) is 3.45. The molecule has 0 bridgehead atoms. The van der Waals surface area contributed by atoms with E-state index in [1.54, 1.807) is 0 Å². The number of benzene rings is 1. The van der Waals surface area contributed by atoms with E-state index in [1.807, 2.05) is 13.8 Å². The van der Waals surface area contributed by atoms with Crippen molar-refractivity contribution < 1.29 is 22.3 Å². The molecule has 0 heterocycles. The van der Waals surface area contributed by atoms with Crippen molar-refractivity contribution in [2.45, 2.75) is 44.2 Å². The van der Waals surface area contributed by atoms with Gasteiger partial charge < -0.3 is 10.1 Å². The summed E-state index contributed by atoms with van der Waals surface area (Å²) in [6.45, 7) is 6.21. The summed E-state index contributed by atoms with van der Waals surface area (Å²) < 4.78 is 44.6. The van der Waals surface area contributed by atoms with Gasteiger partial charge in [-0.25, -0.2) is 12.8 Å². The van der Waals surface area contributed by atoms with Crippen LogP contribution in [0.4, 0.5) is 4.39 Å². The molecular weight excluding hydrogens is 323 g/mol. The smallest absolute Gasteiger partial charge is 0.241 e. The van der Waals surface area contributed by atoms with Crippen LogP contribution in [0.5, 0.6) is 0 Å². The Labute approximate surface area is 136 Å². The summed E-state index contributed by atoms with van der Waals surface area (Å²) >= 11 is 0. The molecule has 1 atom stereocenters. The Kier molecular flexibility index (Phi) is 7.60. The monoisotopic (exact) mass is 346 g/mol. The number of rotatable bonds is 9. The molecule has 0 aliphatic carbocycles. The maximum absolute atomic E-state index is 12.8. The number of nitrogens with one attached hydrogen (secondary N) is 2. The highest BCUT2D eigenvalue weighted by molar-refractivity contribution is 7.89. The average molecular weight is 346 g/mol. The zero-order valence-corrected chi connectivity index (χ0v) is 14.3. The molecule has 0 spiro atoms. The largest absolute Gasteiger partial charge is 0.379 e. The average Bonchev–Trinajstić information content (AvgIpc) is 2.46. The third-order valence-corrected chi connectivity index (χ3v) is 4.48. The van der Waals surface area contributed by atoms with Crippen LogP contribution in [0.2, 0.25) is 0 Å². The number of amides is 1. The molecule has 1 rings (SSSR count). The number of ether oxygens (including phenoxy) is 1. The van der Waals surface area contributed by atoms with Crippen molar-refractivity contribution in [1.29, 1.82) is 0 Å². The van der Waals surface area contributed by atoms with Crippen molar-refractivity contribution in [3.05, 3.63) is 30.1 Å². The first-order valence-corrected chi connectivity index (χ1v) is 8.88. The van der Waals surface area contributed by atoms with E-state index in [9.17, 15) is 17.6 Å². The molecule has 1 amide bonds. The third-order valence-electron chi connectivity index (χ3n) is 2.92. The lowest BCUT2D eigenvalue weighted by molar-refractivity contribution is -0.122. The Hall–Kier alpha value is -1.51. The molecule has 0 unspecified atom stereocenters. The van der Waals surface area contributed by atoms with Crippen LogP contribution in [-0.4, -0.2) is 39.6 Å². The molecular formula is C15H23FN2O4S. The zero-order valence-electron chi connectivity index (χ0n) is 13.5. The quantitative estimate of drug-likeness (QED) is 0.663. The fourth-order valence-corrected chi connectivity index (χ4v) is 2.93. The maximum atomic E-state index is 12.8. The van der Waals surface area contributed by atoms with E-state index < -0.39 is 27.8 Å². The predicted molar refractivity (Wildman–Crippen MR) is 84.9 cm³/mol. The van der Waals surface area contributed by atoms with Gasteiger partial charge in [0, 0.05) is 13.2 Å². The Balaban J connectivity index is 2.46. The molecule has 130 valence electrons. The normalized spacial score (nSPS) is 13.1. The van der Waals surface area contributed by atoms with Crippen molar-refractivity contribution >= 4 is 15.9 Å². The topological polar surface area (TPSA) is 84.5 Å². The highest BCUT2D eigenvalue weighted by Gasteiger charge is 2.21. The standard InChI is InChI=1S/C15H23FN2O4S/c1-11(2)22-10-4-9-17-15(19)12(3)18-23(20,21)14-7-5-13(16)6-8-14/h5-8,11-12,18H,4,9-10H2,1-3H3,(H,17,19)/t12-/m0/s1. The number of halogens is 1. The molecule has 0 radical (unpaired) electrons. The lowest BCUT2D eigenvalue weighted by Gasteiger charge is -2.15. The molecule has 0 saturated carbocycles. The van der Waals surface area contributed by atoms with Crippen molar-refractivity contribution in [2.75, 3.05) is 13.2 Å². The minimum atomic E-state index is -3.87. The minimum absolute atomic E-state index is 0.0936. The SMILES string of the molecule is CC(C)OCCCNC(=O)[C@H](C)NS(=O)(=O)c1ccc(F)cc1. The van der Waals surface area contributed by atoms with Gasteiger partial charge in [0.05, 0.1) is 17.0 Å². The first kappa shape index (κ1) is 19.5. The van der Waals surface area contributed by atoms with Crippen LogP contribution in [0.25, 0.3) is 0 Å².